The summed E-state index contributed by atoms with van der Waals surface area (Å²) in [5, 5.41) is 3.54. The lowest BCUT2D eigenvalue weighted by Gasteiger charge is -2.06. The van der Waals surface area contributed by atoms with Gasteiger partial charge >= 0.3 is 6.18 Å². The zero-order chi connectivity index (χ0) is 15.6. The van der Waals surface area contributed by atoms with Crippen molar-refractivity contribution < 1.29 is 18.0 Å². The molecular formula is C13H13F3N4O. The number of nitrogen functional groups attached to an aromatic ring is 1. The predicted molar refractivity (Wildman–Crippen MR) is 69.2 cm³/mol. The minimum atomic E-state index is -4.46. The molecule has 0 unspecified atom stereocenters. The van der Waals surface area contributed by atoms with E-state index in [2.05, 4.69) is 5.10 Å². The van der Waals surface area contributed by atoms with Crippen molar-refractivity contribution in [1.29, 1.82) is 0 Å². The number of nitrogens with one attached hydrogen (secondary N) is 1. The number of alkyl halides is 3. The summed E-state index contributed by atoms with van der Waals surface area (Å²) in [5.41, 5.74) is 2.58. The summed E-state index contributed by atoms with van der Waals surface area (Å²) in [6.07, 6.45) is -4.46. The molecule has 0 saturated heterocycles. The van der Waals surface area contributed by atoms with E-state index in [0.29, 0.717) is 11.3 Å². The van der Waals surface area contributed by atoms with Crippen LogP contribution in [0.4, 0.5) is 13.2 Å². The molecule has 1 aromatic heterocycles. The largest absolute Gasteiger partial charge is 0.435 e. The monoisotopic (exact) mass is 298 g/mol. The molecule has 0 aliphatic heterocycles. The van der Waals surface area contributed by atoms with Crippen molar-refractivity contribution in [2.75, 3.05) is 0 Å². The minimum absolute atomic E-state index is 0.187. The van der Waals surface area contributed by atoms with Crippen molar-refractivity contribution in [1.82, 2.24) is 15.2 Å². The molecule has 3 N–H and O–H groups in total. The highest BCUT2D eigenvalue weighted by atomic mass is 19.4. The van der Waals surface area contributed by atoms with Crippen LogP contribution in [0.25, 0.3) is 0 Å². The lowest BCUT2D eigenvalue weighted by Crippen LogP contribution is -2.29. The van der Waals surface area contributed by atoms with Crippen LogP contribution in [0, 0.1) is 6.92 Å². The van der Waals surface area contributed by atoms with E-state index in [-0.39, 0.29) is 6.54 Å². The zero-order valence-corrected chi connectivity index (χ0v) is 11.1. The Hall–Kier alpha value is -2.35. The van der Waals surface area contributed by atoms with E-state index in [1.165, 1.54) is 4.68 Å². The van der Waals surface area contributed by atoms with E-state index in [1.54, 1.807) is 31.2 Å². The third kappa shape index (κ3) is 3.40. The summed E-state index contributed by atoms with van der Waals surface area (Å²) in [6, 6.07) is 7.36. The SMILES string of the molecule is Cc1cc(C(F)(F)F)nn1Cc1ccc(C(=O)NN)cc1. The number of halogens is 3. The predicted octanol–water partition coefficient (Wildman–Crippen LogP) is 1.86. The van der Waals surface area contributed by atoms with Crippen molar-refractivity contribution in [2.45, 2.75) is 19.6 Å². The number of hydrazine groups is 1. The normalized spacial score (nSPS) is 11.5. The fraction of sp³-hybridized carbons (Fsp3) is 0.231. The molecule has 0 bridgehead atoms. The number of nitrogens with zero attached hydrogens (tertiary/aromatic N) is 2. The van der Waals surface area contributed by atoms with Gasteiger partial charge in [0.1, 0.15) is 0 Å². The first-order chi connectivity index (χ1) is 9.81. The molecule has 1 heterocycles. The average molecular weight is 298 g/mol. The van der Waals surface area contributed by atoms with E-state index in [9.17, 15) is 18.0 Å². The molecule has 1 aromatic carbocycles. The first-order valence-electron chi connectivity index (χ1n) is 6.03. The molecule has 2 aromatic rings. The number of aromatic nitrogens is 2. The molecule has 0 atom stereocenters. The van der Waals surface area contributed by atoms with Crippen LogP contribution in [0.1, 0.15) is 27.3 Å². The number of amides is 1. The van der Waals surface area contributed by atoms with Crippen LogP contribution in [0.2, 0.25) is 0 Å². The fourth-order valence-electron chi connectivity index (χ4n) is 1.83. The van der Waals surface area contributed by atoms with Crippen LogP contribution < -0.4 is 11.3 Å². The van der Waals surface area contributed by atoms with Gasteiger partial charge in [-0.1, -0.05) is 12.1 Å². The number of rotatable bonds is 3. The lowest BCUT2D eigenvalue weighted by atomic mass is 10.1. The number of nitrogens with two attached hydrogens (primary N) is 1. The molecule has 0 aliphatic rings. The Balaban J connectivity index is 2.19. The van der Waals surface area contributed by atoms with Gasteiger partial charge in [0, 0.05) is 11.3 Å². The van der Waals surface area contributed by atoms with Crippen molar-refractivity contribution in [3.63, 3.8) is 0 Å². The Bertz CT molecular complexity index is 646. The maximum atomic E-state index is 12.6. The van der Waals surface area contributed by atoms with E-state index < -0.39 is 17.8 Å². The highest BCUT2D eigenvalue weighted by Gasteiger charge is 2.34. The summed E-state index contributed by atoms with van der Waals surface area (Å²) < 4.78 is 39.0. The minimum Gasteiger partial charge on any atom is -0.290 e. The van der Waals surface area contributed by atoms with Crippen molar-refractivity contribution >= 4 is 5.91 Å². The van der Waals surface area contributed by atoms with Crippen LogP contribution in [0.3, 0.4) is 0 Å². The van der Waals surface area contributed by atoms with E-state index in [0.717, 1.165) is 11.6 Å². The first-order valence-corrected chi connectivity index (χ1v) is 6.03. The summed E-state index contributed by atoms with van der Waals surface area (Å²) in [4.78, 5) is 11.3. The molecule has 0 fully saturated rings. The standard InChI is InChI=1S/C13H13F3N4O/c1-8-6-11(13(14,15)16)19-20(8)7-9-2-4-10(5-3-9)12(21)18-17/h2-6H,7,17H2,1H3,(H,18,21). The molecule has 0 spiro atoms. The van der Waals surface area contributed by atoms with Gasteiger partial charge in [0.2, 0.25) is 0 Å². The van der Waals surface area contributed by atoms with Crippen LogP contribution in [-0.2, 0) is 12.7 Å². The molecule has 0 aliphatic carbocycles. The van der Waals surface area contributed by atoms with Gasteiger partial charge in [-0.05, 0) is 30.7 Å². The Labute approximate surface area is 118 Å². The summed E-state index contributed by atoms with van der Waals surface area (Å²) in [5.74, 6) is 4.57. The molecular weight excluding hydrogens is 285 g/mol. The second kappa shape index (κ2) is 5.57. The van der Waals surface area contributed by atoms with E-state index in [1.807, 2.05) is 5.43 Å². The molecule has 2 rings (SSSR count). The molecule has 8 heteroatoms. The van der Waals surface area contributed by atoms with Gasteiger partial charge in [-0.2, -0.15) is 18.3 Å². The summed E-state index contributed by atoms with van der Waals surface area (Å²) in [6.45, 7) is 1.74. The van der Waals surface area contributed by atoms with Gasteiger partial charge in [-0.3, -0.25) is 14.9 Å². The first kappa shape index (κ1) is 15.0. The second-order valence-corrected chi connectivity index (χ2v) is 4.50. The third-order valence-electron chi connectivity index (χ3n) is 2.95. The topological polar surface area (TPSA) is 72.9 Å². The molecule has 21 heavy (non-hydrogen) atoms. The van der Waals surface area contributed by atoms with Gasteiger partial charge in [0.05, 0.1) is 6.54 Å². The number of hydrogen-bond donors (Lipinski definition) is 2. The number of hydrogen-bond acceptors (Lipinski definition) is 3. The summed E-state index contributed by atoms with van der Waals surface area (Å²) in [7, 11) is 0. The Kier molecular flexibility index (Phi) is 3.99. The quantitative estimate of drug-likeness (QED) is 0.516. The number of carbonyl (C=O) groups excluding carboxylic acids is 1. The van der Waals surface area contributed by atoms with Gasteiger partial charge < -0.3 is 0 Å². The second-order valence-electron chi connectivity index (χ2n) is 4.50. The van der Waals surface area contributed by atoms with Crippen molar-refractivity contribution in [3.05, 3.63) is 52.8 Å². The Morgan fingerprint density at radius 1 is 1.33 bits per heavy atom. The fourth-order valence-corrected chi connectivity index (χ4v) is 1.83. The van der Waals surface area contributed by atoms with Crippen LogP contribution in [-0.4, -0.2) is 15.7 Å². The van der Waals surface area contributed by atoms with Crippen molar-refractivity contribution in [2.24, 2.45) is 5.84 Å². The molecule has 0 radical (unpaired) electrons. The Morgan fingerprint density at radius 2 is 1.95 bits per heavy atom. The number of carbonyl (C=O) groups is 1. The number of aryl methyl sites for hydroxylation is 1. The maximum absolute atomic E-state index is 12.6. The molecule has 0 saturated carbocycles. The highest BCUT2D eigenvalue weighted by molar-refractivity contribution is 5.93. The summed E-state index contributed by atoms with van der Waals surface area (Å²) >= 11 is 0. The van der Waals surface area contributed by atoms with Crippen LogP contribution >= 0.6 is 0 Å². The smallest absolute Gasteiger partial charge is 0.290 e. The van der Waals surface area contributed by atoms with Crippen molar-refractivity contribution in [3.8, 4) is 0 Å². The van der Waals surface area contributed by atoms with Gasteiger partial charge in [-0.15, -0.1) is 0 Å². The van der Waals surface area contributed by atoms with E-state index >= 15 is 0 Å². The zero-order valence-electron chi connectivity index (χ0n) is 11.1. The lowest BCUT2D eigenvalue weighted by molar-refractivity contribution is -0.141. The molecule has 1 amide bonds. The van der Waals surface area contributed by atoms with Gasteiger partial charge in [0.15, 0.2) is 5.69 Å². The molecule has 112 valence electrons. The average Bonchev–Trinajstić information content (AvgIpc) is 2.80. The van der Waals surface area contributed by atoms with Gasteiger partial charge in [0.25, 0.3) is 5.91 Å². The van der Waals surface area contributed by atoms with E-state index in [4.69, 9.17) is 5.84 Å². The highest BCUT2D eigenvalue weighted by Crippen LogP contribution is 2.28. The maximum Gasteiger partial charge on any atom is 0.435 e. The van der Waals surface area contributed by atoms with Crippen LogP contribution in [0.5, 0.6) is 0 Å². The van der Waals surface area contributed by atoms with Crippen LogP contribution in [0.15, 0.2) is 30.3 Å². The molecule has 5 nitrogen and oxygen atoms in total. The number of benzene rings is 1. The van der Waals surface area contributed by atoms with Gasteiger partial charge in [-0.25, -0.2) is 5.84 Å². The third-order valence-corrected chi connectivity index (χ3v) is 2.95. The Morgan fingerprint density at radius 3 is 2.43 bits per heavy atom.